The summed E-state index contributed by atoms with van der Waals surface area (Å²) in [6.45, 7) is 17.6. The van der Waals surface area contributed by atoms with Crippen molar-refractivity contribution in [2.75, 3.05) is 32.9 Å². The van der Waals surface area contributed by atoms with Gasteiger partial charge in [-0.15, -0.1) is 0 Å². The molecule has 0 aromatic carbocycles. The van der Waals surface area contributed by atoms with Gasteiger partial charge in [0, 0.05) is 6.54 Å². The van der Waals surface area contributed by atoms with E-state index in [1.54, 1.807) is 13.8 Å². The number of carbonyl (C=O) groups excluding carboxylic acids is 1. The fraction of sp³-hybridized carbons (Fsp3) is 0.973. The Morgan fingerprint density at radius 2 is 1.85 bits per heavy atom. The van der Waals surface area contributed by atoms with Crippen molar-refractivity contribution in [2.24, 2.45) is 57.0 Å². The molecule has 0 aromatic rings. The maximum atomic E-state index is 11.6. The average Bonchev–Trinajstić information content (AvgIpc) is 3.36. The van der Waals surface area contributed by atoms with Crippen LogP contribution in [-0.2, 0) is 18.9 Å². The number of fused-ring (bicyclic) bond motifs is 2. The van der Waals surface area contributed by atoms with Crippen molar-refractivity contribution in [3.63, 3.8) is 0 Å². The van der Waals surface area contributed by atoms with E-state index in [1.165, 1.54) is 32.1 Å². The smallest absolute Gasteiger partial charge is 0.404 e. The predicted molar refractivity (Wildman–Crippen MR) is 174 cm³/mol. The fourth-order valence-electron chi connectivity index (χ4n) is 13.4. The van der Waals surface area contributed by atoms with Gasteiger partial charge in [-0.3, -0.25) is 4.90 Å². The van der Waals surface area contributed by atoms with E-state index in [0.717, 1.165) is 64.5 Å². The van der Waals surface area contributed by atoms with Gasteiger partial charge in [-0.2, -0.15) is 0 Å². The molecule has 7 rings (SSSR count). The van der Waals surface area contributed by atoms with Crippen molar-refractivity contribution in [1.29, 1.82) is 0 Å². The van der Waals surface area contributed by atoms with Gasteiger partial charge in [0.2, 0.25) is 0 Å². The highest BCUT2D eigenvalue weighted by Crippen LogP contribution is 2.89. The number of aliphatic hydroxyl groups is 2. The largest absolute Gasteiger partial charge is 0.443 e. The van der Waals surface area contributed by atoms with Gasteiger partial charge in [-0.1, -0.05) is 27.7 Å². The number of aliphatic hydroxyl groups excluding tert-OH is 1. The third-order valence-electron chi connectivity index (χ3n) is 15.7. The molecule has 262 valence electrons. The van der Waals surface area contributed by atoms with Crippen LogP contribution in [0.1, 0.15) is 106 Å². The molecule has 12 atom stereocenters. The van der Waals surface area contributed by atoms with Crippen LogP contribution in [0.5, 0.6) is 0 Å². The zero-order valence-corrected chi connectivity index (χ0v) is 29.3. The summed E-state index contributed by atoms with van der Waals surface area (Å²) in [5, 5.41) is 22.2. The number of hydrogen-bond donors (Lipinski definition) is 3. The van der Waals surface area contributed by atoms with Gasteiger partial charge >= 0.3 is 6.09 Å². The van der Waals surface area contributed by atoms with Crippen LogP contribution >= 0.6 is 0 Å². The molecule has 0 aromatic heterocycles. The number of nitrogens with two attached hydrogens (primary N) is 1. The first-order valence-electron chi connectivity index (χ1n) is 18.6. The topological polar surface area (TPSA) is 124 Å². The number of morpholine rings is 1. The Balaban J connectivity index is 1.03. The Labute approximate surface area is 276 Å². The zero-order chi connectivity index (χ0) is 32.9. The van der Waals surface area contributed by atoms with E-state index in [1.807, 2.05) is 0 Å². The highest BCUT2D eigenvalue weighted by Gasteiger charge is 2.84. The first kappa shape index (κ1) is 33.5. The summed E-state index contributed by atoms with van der Waals surface area (Å²) in [7, 11) is 0. The molecule has 2 spiro atoms. The normalized spacial score (nSPS) is 47.5. The lowest BCUT2D eigenvalue weighted by atomic mass is 9.46. The van der Waals surface area contributed by atoms with Crippen molar-refractivity contribution in [1.82, 2.24) is 4.90 Å². The molecule has 1 amide bonds. The SMILES string of the molecule is C[C@@H]1C23CC[C@H](OC4CN(C5COC5)CCO4)C(C)(C)C2CC[C@H]2C4C[C@@H](O)[C@H](CCC[C@H](OC(N)=O)C(C)(C)O)[C@@]4(C)CC[C@]123. The molecule has 7 fully saturated rings. The molecule has 4 N–H and O–H groups in total. The van der Waals surface area contributed by atoms with Crippen LogP contribution in [0.25, 0.3) is 0 Å². The molecule has 2 heterocycles. The highest BCUT2D eigenvalue weighted by molar-refractivity contribution is 5.64. The third-order valence-corrected chi connectivity index (χ3v) is 15.7. The monoisotopic (exact) mass is 646 g/mol. The second-order valence-corrected chi connectivity index (χ2v) is 18.0. The summed E-state index contributed by atoms with van der Waals surface area (Å²) in [6.07, 6.45) is 8.72. The Morgan fingerprint density at radius 1 is 1.09 bits per heavy atom. The molecule has 2 saturated heterocycles. The van der Waals surface area contributed by atoms with Crippen LogP contribution in [0.15, 0.2) is 0 Å². The lowest BCUT2D eigenvalue weighted by molar-refractivity contribution is -0.253. The Morgan fingerprint density at radius 3 is 2.52 bits per heavy atom. The summed E-state index contributed by atoms with van der Waals surface area (Å²) in [4.78, 5) is 14.0. The number of primary amides is 1. The van der Waals surface area contributed by atoms with Crippen molar-refractivity contribution in [3.05, 3.63) is 0 Å². The van der Waals surface area contributed by atoms with E-state index in [2.05, 4.69) is 32.6 Å². The van der Waals surface area contributed by atoms with Gasteiger partial charge in [-0.25, -0.2) is 4.79 Å². The Kier molecular flexibility index (Phi) is 8.41. The molecule has 9 heteroatoms. The second-order valence-electron chi connectivity index (χ2n) is 18.0. The predicted octanol–water partition coefficient (Wildman–Crippen LogP) is 5.10. The molecule has 9 nitrogen and oxygen atoms in total. The van der Waals surface area contributed by atoms with Crippen molar-refractivity contribution < 1.29 is 34.0 Å². The molecular weight excluding hydrogens is 584 g/mol. The maximum Gasteiger partial charge on any atom is 0.404 e. The summed E-state index contributed by atoms with van der Waals surface area (Å²) in [5.41, 5.74) is 5.14. The molecular formula is C37H62N2O7. The van der Waals surface area contributed by atoms with E-state index in [4.69, 9.17) is 24.7 Å². The van der Waals surface area contributed by atoms with E-state index in [9.17, 15) is 15.0 Å². The third kappa shape index (κ3) is 4.94. The van der Waals surface area contributed by atoms with Gasteiger partial charge in [0.25, 0.3) is 0 Å². The average molecular weight is 647 g/mol. The first-order chi connectivity index (χ1) is 21.7. The van der Waals surface area contributed by atoms with E-state index >= 15 is 0 Å². The van der Waals surface area contributed by atoms with E-state index in [-0.39, 0.29) is 35.2 Å². The van der Waals surface area contributed by atoms with E-state index in [0.29, 0.717) is 41.0 Å². The van der Waals surface area contributed by atoms with E-state index < -0.39 is 17.8 Å². The standard InChI is InChI=1S/C37H62N2O7/c1-22-36-15-14-35(6)25(8-7-9-30(34(4,5)42)46-32(38)41)27(40)18-26(35)24(36)10-11-28-33(2,3)29(12-13-37(22,28)36)45-31-19-39(16-17-44-31)23-20-43-21-23/h22-31,40,42H,7-21H2,1-6H3,(H2,38,41)/t22-,24-,25-,26?,27+,28?,29-,30-,31?,35+,36-,37?/m0/s1. The van der Waals surface area contributed by atoms with Crippen LogP contribution in [0, 0.1) is 51.2 Å². The number of amides is 1. The second kappa shape index (κ2) is 11.5. The number of ether oxygens (including phenoxy) is 4. The number of nitrogens with zero attached hydrogens (tertiary/aromatic N) is 1. The minimum absolute atomic E-state index is 0.0919. The van der Waals surface area contributed by atoms with Gasteiger partial charge < -0.3 is 34.9 Å². The van der Waals surface area contributed by atoms with Gasteiger partial charge in [-0.05, 0) is 129 Å². The summed E-state index contributed by atoms with van der Waals surface area (Å²) in [6, 6.07) is 0.520. The summed E-state index contributed by atoms with van der Waals surface area (Å²) >= 11 is 0. The fourth-order valence-corrected chi connectivity index (χ4v) is 13.4. The molecule has 2 aliphatic heterocycles. The van der Waals surface area contributed by atoms with Gasteiger partial charge in [0.15, 0.2) is 6.29 Å². The minimum Gasteiger partial charge on any atom is -0.443 e. The Bertz CT molecular complexity index is 1160. The van der Waals surface area contributed by atoms with Crippen molar-refractivity contribution in [3.8, 4) is 0 Å². The molecule has 5 aliphatic carbocycles. The zero-order valence-electron chi connectivity index (χ0n) is 29.3. The molecule has 7 aliphatic rings. The highest BCUT2D eigenvalue weighted by atomic mass is 16.7. The van der Waals surface area contributed by atoms with Gasteiger partial charge in [0.1, 0.15) is 6.10 Å². The lowest BCUT2D eigenvalue weighted by Gasteiger charge is -2.59. The summed E-state index contributed by atoms with van der Waals surface area (Å²) in [5.74, 6) is 2.82. The number of hydrogen-bond acceptors (Lipinski definition) is 8. The van der Waals surface area contributed by atoms with Crippen molar-refractivity contribution in [2.45, 2.75) is 142 Å². The number of rotatable bonds is 9. The summed E-state index contributed by atoms with van der Waals surface area (Å²) < 4.78 is 23.8. The Hall–Kier alpha value is -0.970. The van der Waals surface area contributed by atoms with Crippen LogP contribution in [-0.4, -0.2) is 90.4 Å². The molecule has 46 heavy (non-hydrogen) atoms. The molecule has 4 unspecified atom stereocenters. The molecule has 0 radical (unpaired) electrons. The van der Waals surface area contributed by atoms with Gasteiger partial charge in [0.05, 0.1) is 50.2 Å². The first-order valence-corrected chi connectivity index (χ1v) is 18.6. The molecule has 5 saturated carbocycles. The van der Waals surface area contributed by atoms with Crippen LogP contribution in [0.4, 0.5) is 4.79 Å². The van der Waals surface area contributed by atoms with Crippen molar-refractivity contribution >= 4 is 6.09 Å². The minimum atomic E-state index is -1.16. The van der Waals surface area contributed by atoms with Crippen LogP contribution in [0.2, 0.25) is 0 Å². The number of carbonyl (C=O) groups is 1. The lowest BCUT2D eigenvalue weighted by Crippen LogP contribution is -2.58. The van der Waals surface area contributed by atoms with Crippen LogP contribution in [0.3, 0.4) is 0 Å². The quantitative estimate of drug-likeness (QED) is 0.316. The molecule has 0 bridgehead atoms. The maximum absolute atomic E-state index is 11.6. The van der Waals surface area contributed by atoms with Crippen LogP contribution < -0.4 is 5.73 Å².